The van der Waals surface area contributed by atoms with Gasteiger partial charge < -0.3 is 10.1 Å². The molecule has 0 radical (unpaired) electrons. The molecule has 0 spiro atoms. The molecule has 3 aromatic heterocycles. The molecule has 1 saturated heterocycles. The van der Waals surface area contributed by atoms with E-state index in [9.17, 15) is 19.6 Å². The summed E-state index contributed by atoms with van der Waals surface area (Å²) >= 11 is 0. The Morgan fingerprint density at radius 1 is 1.09 bits per heavy atom. The Labute approximate surface area is 268 Å². The van der Waals surface area contributed by atoms with E-state index < -0.39 is 22.4 Å². The van der Waals surface area contributed by atoms with Crippen molar-refractivity contribution in [2.24, 2.45) is 7.05 Å². The van der Waals surface area contributed by atoms with Gasteiger partial charge in [-0.1, -0.05) is 12.1 Å². The van der Waals surface area contributed by atoms with E-state index in [1.165, 1.54) is 28.6 Å². The van der Waals surface area contributed by atoms with Crippen LogP contribution in [0.1, 0.15) is 35.5 Å². The number of carbonyl (C=O) groups is 1. The Morgan fingerprint density at radius 3 is 2.62 bits per heavy atom. The quantitative estimate of drug-likeness (QED) is 0.266. The molecule has 0 unspecified atom stereocenters. The zero-order chi connectivity index (χ0) is 33.0. The van der Waals surface area contributed by atoms with Crippen molar-refractivity contribution in [3.8, 4) is 23.0 Å². The Hall–Kier alpha value is -5.45. The molecule has 5 aromatic rings. The van der Waals surface area contributed by atoms with Crippen molar-refractivity contribution in [1.29, 1.82) is 5.26 Å². The lowest BCUT2D eigenvalue weighted by Crippen LogP contribution is -2.51. The molecule has 1 fully saturated rings. The molecule has 12 nitrogen and oxygen atoms in total. The second-order valence-electron chi connectivity index (χ2n) is 12.4. The molecule has 0 aliphatic carbocycles. The van der Waals surface area contributed by atoms with Gasteiger partial charge in [0, 0.05) is 43.5 Å². The predicted molar refractivity (Wildman–Crippen MR) is 173 cm³/mol. The number of hydrogen-bond acceptors (Lipinski definition) is 9. The molecular formula is C34H31FN8O4. The van der Waals surface area contributed by atoms with Crippen molar-refractivity contribution < 1.29 is 13.9 Å². The van der Waals surface area contributed by atoms with E-state index in [1.807, 2.05) is 10.7 Å². The maximum Gasteiger partial charge on any atom is 0.290 e. The number of fused-ring (bicyclic) bond motifs is 2. The van der Waals surface area contributed by atoms with Gasteiger partial charge in [0.25, 0.3) is 11.1 Å². The fourth-order valence-electron chi connectivity index (χ4n) is 6.11. The summed E-state index contributed by atoms with van der Waals surface area (Å²) in [5.74, 6) is -0.249. The molecule has 0 atom stereocenters. The average Bonchev–Trinajstić information content (AvgIpc) is 3.43. The molecule has 1 N–H and O–H groups in total. The van der Waals surface area contributed by atoms with Crippen LogP contribution in [0.5, 0.6) is 0 Å². The number of nitrogens with one attached hydrogen (secondary N) is 1. The topological polar surface area (TPSA) is 140 Å². The van der Waals surface area contributed by atoms with E-state index in [0.29, 0.717) is 40.4 Å². The molecule has 0 bridgehead atoms. The summed E-state index contributed by atoms with van der Waals surface area (Å²) in [5, 5.41) is 21.9. The Kier molecular flexibility index (Phi) is 7.34. The average molecular weight is 635 g/mol. The van der Waals surface area contributed by atoms with Crippen LogP contribution < -0.4 is 16.4 Å². The van der Waals surface area contributed by atoms with Gasteiger partial charge in [0.15, 0.2) is 12.1 Å². The van der Waals surface area contributed by atoms with Crippen molar-refractivity contribution in [2.75, 3.05) is 25.1 Å². The Balaban J connectivity index is 1.26. The molecule has 238 valence electrons. The second-order valence-corrected chi connectivity index (χ2v) is 12.4. The van der Waals surface area contributed by atoms with Gasteiger partial charge in [0.05, 0.1) is 59.7 Å². The molecule has 13 heteroatoms. The van der Waals surface area contributed by atoms with Crippen LogP contribution in [0.15, 0.2) is 64.3 Å². The van der Waals surface area contributed by atoms with E-state index in [0.717, 1.165) is 38.5 Å². The van der Waals surface area contributed by atoms with Crippen LogP contribution in [0.2, 0.25) is 0 Å². The van der Waals surface area contributed by atoms with Gasteiger partial charge >= 0.3 is 0 Å². The summed E-state index contributed by atoms with van der Waals surface area (Å²) in [6.45, 7) is 7.12. The smallest absolute Gasteiger partial charge is 0.290 e. The van der Waals surface area contributed by atoms with E-state index in [4.69, 9.17) is 4.74 Å². The van der Waals surface area contributed by atoms with Crippen molar-refractivity contribution >= 4 is 28.6 Å². The maximum atomic E-state index is 15.4. The first-order valence-electron chi connectivity index (χ1n) is 15.2. The molecule has 2 aromatic carbocycles. The van der Waals surface area contributed by atoms with Gasteiger partial charge in [-0.25, -0.2) is 9.07 Å². The first-order chi connectivity index (χ1) is 22.6. The molecule has 7 rings (SSSR count). The minimum Gasteiger partial charge on any atom is -0.378 e. The highest BCUT2D eigenvalue weighted by atomic mass is 19.1. The fraction of sp³-hybridized carbons (Fsp3) is 0.294. The third-order valence-corrected chi connectivity index (χ3v) is 8.98. The summed E-state index contributed by atoms with van der Waals surface area (Å²) in [6, 6.07) is 15.3. The van der Waals surface area contributed by atoms with Gasteiger partial charge in [-0.15, -0.1) is 0 Å². The number of benzene rings is 2. The largest absolute Gasteiger partial charge is 0.378 e. The first kappa shape index (κ1) is 30.2. The van der Waals surface area contributed by atoms with Gasteiger partial charge in [-0.05, 0) is 55.1 Å². The Morgan fingerprint density at radius 2 is 1.89 bits per heavy atom. The SMILES string of the molecule is Cn1nc(-c2cccc(-n3ccc4cc(C(C)(C)C#N)cc(F)c4c3=O)c2C=O)cc(Nc2cc3n(n2)CCN(C2COC2)C3)c1=O. The van der Waals surface area contributed by atoms with Crippen molar-refractivity contribution in [3.63, 3.8) is 0 Å². The van der Waals surface area contributed by atoms with Crippen LogP contribution >= 0.6 is 0 Å². The minimum atomic E-state index is -0.955. The zero-order valence-corrected chi connectivity index (χ0v) is 26.0. The van der Waals surface area contributed by atoms with E-state index in [1.54, 1.807) is 50.2 Å². The third-order valence-electron chi connectivity index (χ3n) is 8.98. The van der Waals surface area contributed by atoms with Crippen LogP contribution in [0.4, 0.5) is 15.9 Å². The molecule has 2 aliphatic rings. The highest BCUT2D eigenvalue weighted by molar-refractivity contribution is 5.92. The normalized spacial score (nSPS) is 15.2. The van der Waals surface area contributed by atoms with Crippen molar-refractivity contribution in [3.05, 3.63) is 98.1 Å². The van der Waals surface area contributed by atoms with E-state index in [2.05, 4.69) is 26.5 Å². The number of aldehydes is 1. The van der Waals surface area contributed by atoms with Crippen LogP contribution in [0, 0.1) is 17.1 Å². The summed E-state index contributed by atoms with van der Waals surface area (Å²) in [6.07, 6.45) is 2.08. The van der Waals surface area contributed by atoms with Crippen LogP contribution in [-0.2, 0) is 30.3 Å². The second kappa shape index (κ2) is 11.4. The lowest BCUT2D eigenvalue weighted by molar-refractivity contribution is -0.0735. The molecule has 47 heavy (non-hydrogen) atoms. The number of hydrogen-bond donors (Lipinski definition) is 1. The number of anilines is 2. The number of aromatic nitrogens is 5. The number of halogens is 1. The van der Waals surface area contributed by atoms with Gasteiger partial charge in [0.1, 0.15) is 11.5 Å². The van der Waals surface area contributed by atoms with Gasteiger partial charge in [-0.2, -0.15) is 15.5 Å². The monoisotopic (exact) mass is 634 g/mol. The van der Waals surface area contributed by atoms with Gasteiger partial charge in [0.2, 0.25) is 0 Å². The van der Waals surface area contributed by atoms with Crippen LogP contribution in [-0.4, -0.2) is 61.1 Å². The van der Waals surface area contributed by atoms with Crippen molar-refractivity contribution in [2.45, 2.75) is 38.4 Å². The molecule has 0 saturated carbocycles. The summed E-state index contributed by atoms with van der Waals surface area (Å²) in [7, 11) is 1.51. The summed E-state index contributed by atoms with van der Waals surface area (Å²) in [4.78, 5) is 41.8. The highest BCUT2D eigenvalue weighted by Crippen LogP contribution is 2.30. The predicted octanol–water partition coefficient (Wildman–Crippen LogP) is 3.66. The van der Waals surface area contributed by atoms with Crippen molar-refractivity contribution in [1.82, 2.24) is 29.0 Å². The highest BCUT2D eigenvalue weighted by Gasteiger charge is 2.30. The lowest BCUT2D eigenvalue weighted by Gasteiger charge is -2.39. The van der Waals surface area contributed by atoms with E-state index in [-0.39, 0.29) is 22.3 Å². The number of nitrogens with zero attached hydrogens (tertiary/aromatic N) is 7. The number of aryl methyl sites for hydroxylation is 1. The summed E-state index contributed by atoms with van der Waals surface area (Å²) in [5.41, 5.74) is 0.702. The fourth-order valence-corrected chi connectivity index (χ4v) is 6.11. The van der Waals surface area contributed by atoms with Crippen LogP contribution in [0.3, 0.4) is 0 Å². The zero-order valence-electron chi connectivity index (χ0n) is 26.0. The minimum absolute atomic E-state index is 0.131. The van der Waals surface area contributed by atoms with Gasteiger partial charge in [-0.3, -0.25) is 28.5 Å². The lowest BCUT2D eigenvalue weighted by atomic mass is 9.85. The number of rotatable bonds is 7. The van der Waals surface area contributed by atoms with E-state index >= 15 is 4.39 Å². The number of ether oxygens (including phenoxy) is 1. The Bertz CT molecular complexity index is 2240. The number of pyridine rings is 1. The molecule has 5 heterocycles. The van der Waals surface area contributed by atoms with Crippen LogP contribution in [0.25, 0.3) is 27.7 Å². The first-order valence-corrected chi connectivity index (χ1v) is 15.2. The summed E-state index contributed by atoms with van der Waals surface area (Å²) < 4.78 is 25.0. The molecular weight excluding hydrogens is 603 g/mol. The molecule has 0 amide bonds. The maximum absolute atomic E-state index is 15.4. The third kappa shape index (κ3) is 5.21. The number of carbonyl (C=O) groups excluding carboxylic acids is 1. The standard InChI is InChI=1S/C34H31FN8O4/c1-34(2,19-36)21-11-20-7-8-42(33(46)31(20)26(35)12-21)29-6-4-5-24(25(29)16-44)27-14-28(32(45)40(3)38-27)37-30-13-22-15-41(23-17-47-18-23)9-10-43(22)39-30/h4-8,11-14,16,23H,9-10,15,17-18H2,1-3H3,(H,37,39). The molecule has 2 aliphatic heterocycles. The number of nitriles is 1.